The van der Waals surface area contributed by atoms with Gasteiger partial charge in [-0.05, 0) is 11.3 Å². The van der Waals surface area contributed by atoms with E-state index in [-0.39, 0.29) is 5.41 Å². The Labute approximate surface area is 96.3 Å². The predicted octanol–water partition coefficient (Wildman–Crippen LogP) is 3.22. The van der Waals surface area contributed by atoms with Gasteiger partial charge in [-0.1, -0.05) is 39.3 Å². The smallest absolute Gasteiger partial charge is 0.148 e. The molecule has 0 fully saturated rings. The Kier molecular flexibility index (Phi) is 3.91. The minimum Gasteiger partial charge on any atom is -0.368 e. The van der Waals surface area contributed by atoms with Gasteiger partial charge in [0.1, 0.15) is 17.2 Å². The zero-order valence-electron chi connectivity index (χ0n) is 9.71. The van der Waals surface area contributed by atoms with Crippen molar-refractivity contribution in [3.05, 3.63) is 17.5 Å². The van der Waals surface area contributed by atoms with Crippen LogP contribution in [0.2, 0.25) is 5.02 Å². The van der Waals surface area contributed by atoms with E-state index in [0.29, 0.717) is 16.8 Å². The zero-order valence-corrected chi connectivity index (χ0v) is 10.5. The summed E-state index contributed by atoms with van der Waals surface area (Å²) in [7, 11) is 0. The highest BCUT2D eigenvalue weighted by atomic mass is 35.5. The number of hydrogen-bond acceptors (Lipinski definition) is 3. The first-order chi connectivity index (χ1) is 6.93. The number of nitrogens with one attached hydrogen (secondary N) is 1. The van der Waals surface area contributed by atoms with Crippen LogP contribution in [0.1, 0.15) is 27.7 Å². The average Bonchev–Trinajstić information content (AvgIpc) is 2.16. The molecule has 0 spiro atoms. The Morgan fingerprint density at radius 3 is 2.67 bits per heavy atom. The van der Waals surface area contributed by atoms with E-state index in [2.05, 4.69) is 43.0 Å². The topological polar surface area (TPSA) is 37.8 Å². The lowest BCUT2D eigenvalue weighted by Gasteiger charge is -2.29. The Hall–Kier alpha value is -0.830. The second kappa shape index (κ2) is 4.79. The highest BCUT2D eigenvalue weighted by molar-refractivity contribution is 6.32. The maximum absolute atomic E-state index is 5.95. The van der Waals surface area contributed by atoms with Gasteiger partial charge in [-0.2, -0.15) is 0 Å². The SMILES string of the molecule is CC(C)C(C)(C)CNc1ncncc1Cl. The second-order valence-electron chi connectivity index (χ2n) is 4.72. The maximum Gasteiger partial charge on any atom is 0.148 e. The minimum absolute atomic E-state index is 0.217. The van der Waals surface area contributed by atoms with E-state index >= 15 is 0 Å². The van der Waals surface area contributed by atoms with Crippen molar-refractivity contribution in [2.24, 2.45) is 11.3 Å². The van der Waals surface area contributed by atoms with Crippen molar-refractivity contribution in [1.29, 1.82) is 0 Å². The molecule has 0 radical (unpaired) electrons. The van der Waals surface area contributed by atoms with Gasteiger partial charge in [0.25, 0.3) is 0 Å². The van der Waals surface area contributed by atoms with E-state index in [1.165, 1.54) is 6.33 Å². The fourth-order valence-electron chi connectivity index (χ4n) is 0.958. The van der Waals surface area contributed by atoms with Crippen LogP contribution < -0.4 is 5.32 Å². The molecule has 0 aromatic carbocycles. The normalized spacial score (nSPS) is 11.9. The molecule has 15 heavy (non-hydrogen) atoms. The van der Waals surface area contributed by atoms with E-state index < -0.39 is 0 Å². The molecule has 0 aliphatic carbocycles. The lowest BCUT2D eigenvalue weighted by Crippen LogP contribution is -2.28. The van der Waals surface area contributed by atoms with E-state index in [1.807, 2.05) is 0 Å². The molecule has 0 aliphatic rings. The summed E-state index contributed by atoms with van der Waals surface area (Å²) < 4.78 is 0. The van der Waals surface area contributed by atoms with Gasteiger partial charge >= 0.3 is 0 Å². The van der Waals surface area contributed by atoms with E-state index in [0.717, 1.165) is 6.54 Å². The van der Waals surface area contributed by atoms with Crippen LogP contribution >= 0.6 is 11.6 Å². The Morgan fingerprint density at radius 2 is 2.13 bits per heavy atom. The summed E-state index contributed by atoms with van der Waals surface area (Å²) >= 11 is 5.95. The molecule has 0 amide bonds. The van der Waals surface area contributed by atoms with Crippen molar-refractivity contribution in [1.82, 2.24) is 9.97 Å². The highest BCUT2D eigenvalue weighted by Crippen LogP contribution is 2.27. The highest BCUT2D eigenvalue weighted by Gasteiger charge is 2.22. The largest absolute Gasteiger partial charge is 0.368 e. The summed E-state index contributed by atoms with van der Waals surface area (Å²) in [6, 6.07) is 0. The van der Waals surface area contributed by atoms with Crippen LogP contribution in [0.15, 0.2) is 12.5 Å². The van der Waals surface area contributed by atoms with Crippen molar-refractivity contribution in [3.8, 4) is 0 Å². The van der Waals surface area contributed by atoms with Crippen LogP contribution in [0.25, 0.3) is 0 Å². The third-order valence-corrected chi connectivity index (χ3v) is 3.22. The van der Waals surface area contributed by atoms with E-state index in [4.69, 9.17) is 11.6 Å². The molecule has 1 heterocycles. The van der Waals surface area contributed by atoms with Crippen molar-refractivity contribution in [3.63, 3.8) is 0 Å². The molecule has 1 aromatic rings. The summed E-state index contributed by atoms with van der Waals surface area (Å²) in [5.41, 5.74) is 0.217. The van der Waals surface area contributed by atoms with Crippen LogP contribution in [0.4, 0.5) is 5.82 Å². The van der Waals surface area contributed by atoms with Crippen molar-refractivity contribution in [2.45, 2.75) is 27.7 Å². The van der Waals surface area contributed by atoms with Crippen LogP contribution in [-0.4, -0.2) is 16.5 Å². The quantitative estimate of drug-likeness (QED) is 0.858. The Morgan fingerprint density at radius 1 is 1.47 bits per heavy atom. The molecule has 0 unspecified atom stereocenters. The second-order valence-corrected chi connectivity index (χ2v) is 5.12. The number of hydrogen-bond donors (Lipinski definition) is 1. The third-order valence-electron chi connectivity index (χ3n) is 2.94. The molecule has 0 aliphatic heterocycles. The maximum atomic E-state index is 5.95. The fourth-order valence-corrected chi connectivity index (χ4v) is 1.13. The Balaban J connectivity index is 2.62. The molecule has 0 atom stereocenters. The first-order valence-electron chi connectivity index (χ1n) is 5.13. The van der Waals surface area contributed by atoms with Gasteiger partial charge in [-0.25, -0.2) is 9.97 Å². The van der Waals surface area contributed by atoms with E-state index in [1.54, 1.807) is 6.20 Å². The van der Waals surface area contributed by atoms with Crippen molar-refractivity contribution < 1.29 is 0 Å². The minimum atomic E-state index is 0.217. The molecule has 3 nitrogen and oxygen atoms in total. The summed E-state index contributed by atoms with van der Waals surface area (Å²) in [5, 5.41) is 3.82. The van der Waals surface area contributed by atoms with Crippen LogP contribution in [0, 0.1) is 11.3 Å². The molecule has 1 rings (SSSR count). The van der Waals surface area contributed by atoms with Gasteiger partial charge in [0.15, 0.2) is 0 Å². The first-order valence-corrected chi connectivity index (χ1v) is 5.50. The predicted molar refractivity (Wildman–Crippen MR) is 64.2 cm³/mol. The Bertz CT molecular complexity index is 323. The number of rotatable bonds is 4. The molecule has 1 N–H and O–H groups in total. The van der Waals surface area contributed by atoms with Crippen LogP contribution in [-0.2, 0) is 0 Å². The zero-order chi connectivity index (χ0) is 11.5. The molecule has 1 aromatic heterocycles. The molecule has 4 heteroatoms. The van der Waals surface area contributed by atoms with Gasteiger partial charge in [-0.15, -0.1) is 0 Å². The average molecular weight is 228 g/mol. The number of aromatic nitrogens is 2. The summed E-state index contributed by atoms with van der Waals surface area (Å²) in [6.45, 7) is 9.72. The third kappa shape index (κ3) is 3.34. The van der Waals surface area contributed by atoms with Crippen LogP contribution in [0.3, 0.4) is 0 Å². The molecule has 0 bridgehead atoms. The van der Waals surface area contributed by atoms with Crippen molar-refractivity contribution >= 4 is 17.4 Å². The summed E-state index contributed by atoms with van der Waals surface area (Å²) in [5.74, 6) is 1.31. The lowest BCUT2D eigenvalue weighted by molar-refractivity contribution is 0.269. The summed E-state index contributed by atoms with van der Waals surface area (Å²) in [4.78, 5) is 7.93. The molecule has 0 saturated carbocycles. The van der Waals surface area contributed by atoms with E-state index in [9.17, 15) is 0 Å². The van der Waals surface area contributed by atoms with Gasteiger partial charge in [0, 0.05) is 6.54 Å². The molecule has 0 saturated heterocycles. The molecular weight excluding hydrogens is 210 g/mol. The molecular formula is C11H18ClN3. The molecule has 84 valence electrons. The number of halogens is 1. The van der Waals surface area contributed by atoms with Gasteiger partial charge in [0.2, 0.25) is 0 Å². The summed E-state index contributed by atoms with van der Waals surface area (Å²) in [6.07, 6.45) is 3.09. The fraction of sp³-hybridized carbons (Fsp3) is 0.636. The lowest BCUT2D eigenvalue weighted by atomic mass is 9.81. The standard InChI is InChI=1S/C11H18ClN3/c1-8(2)11(3,4)6-14-10-9(12)5-13-7-15-10/h5,7-8H,6H2,1-4H3,(H,13,14,15). The number of anilines is 1. The van der Waals surface area contributed by atoms with Gasteiger partial charge < -0.3 is 5.32 Å². The monoisotopic (exact) mass is 227 g/mol. The van der Waals surface area contributed by atoms with Crippen LogP contribution in [0.5, 0.6) is 0 Å². The van der Waals surface area contributed by atoms with Gasteiger partial charge in [0.05, 0.1) is 6.20 Å². The van der Waals surface area contributed by atoms with Crippen molar-refractivity contribution in [2.75, 3.05) is 11.9 Å². The van der Waals surface area contributed by atoms with Gasteiger partial charge in [-0.3, -0.25) is 0 Å². The first kappa shape index (κ1) is 12.2. The number of nitrogens with zero attached hydrogens (tertiary/aromatic N) is 2.